The molecular weight excluding hydrogens is 290 g/mol. The summed E-state index contributed by atoms with van der Waals surface area (Å²) >= 11 is 0. The number of benzene rings is 1. The van der Waals surface area contributed by atoms with Crippen LogP contribution in [0.5, 0.6) is 11.5 Å². The number of carbonyl (C=O) groups is 2. The van der Waals surface area contributed by atoms with Crippen LogP contribution >= 0.6 is 0 Å². The lowest BCUT2D eigenvalue weighted by atomic mass is 10.1. The van der Waals surface area contributed by atoms with Gasteiger partial charge < -0.3 is 24.6 Å². The summed E-state index contributed by atoms with van der Waals surface area (Å²) in [7, 11) is 4.41. The second-order valence-electron chi connectivity index (χ2n) is 4.54. The van der Waals surface area contributed by atoms with Gasteiger partial charge in [-0.25, -0.2) is 4.79 Å². The molecule has 0 fully saturated rings. The van der Waals surface area contributed by atoms with Crippen molar-refractivity contribution in [2.24, 2.45) is 0 Å². The molecule has 0 saturated heterocycles. The van der Waals surface area contributed by atoms with Crippen molar-refractivity contribution in [1.82, 2.24) is 5.32 Å². The lowest BCUT2D eigenvalue weighted by Crippen LogP contribution is -2.37. The second kappa shape index (κ2) is 8.89. The first kappa shape index (κ1) is 17.8. The number of aryl methyl sites for hydroxylation is 1. The monoisotopic (exact) mass is 311 g/mol. The van der Waals surface area contributed by atoms with Crippen molar-refractivity contribution < 1.29 is 28.9 Å². The van der Waals surface area contributed by atoms with E-state index >= 15 is 0 Å². The third kappa shape index (κ3) is 5.25. The van der Waals surface area contributed by atoms with Gasteiger partial charge in [-0.05, 0) is 30.2 Å². The summed E-state index contributed by atoms with van der Waals surface area (Å²) < 4.78 is 15.1. The number of rotatable bonds is 9. The van der Waals surface area contributed by atoms with E-state index in [9.17, 15) is 9.59 Å². The topological polar surface area (TPSA) is 94.1 Å². The van der Waals surface area contributed by atoms with Crippen LogP contribution in [-0.4, -0.2) is 51.0 Å². The summed E-state index contributed by atoms with van der Waals surface area (Å²) in [5.74, 6) is -0.0131. The van der Waals surface area contributed by atoms with E-state index in [-0.39, 0.29) is 18.9 Å². The maximum atomic E-state index is 11.8. The standard InChI is InChI=1S/C15H21NO6/c1-20-11-5-6-12(21-2)10(8-11)4-7-14(17)16-9-13(22-3)15(18)19/h5-6,8,13H,4,7,9H2,1-3H3,(H,16,17)(H,18,19). The van der Waals surface area contributed by atoms with Crippen LogP contribution < -0.4 is 14.8 Å². The smallest absolute Gasteiger partial charge is 0.334 e. The predicted molar refractivity (Wildman–Crippen MR) is 79.3 cm³/mol. The molecule has 0 saturated carbocycles. The Hall–Kier alpha value is -2.28. The van der Waals surface area contributed by atoms with Crippen molar-refractivity contribution in [3.63, 3.8) is 0 Å². The molecule has 1 aromatic carbocycles. The average Bonchev–Trinajstić information content (AvgIpc) is 2.52. The van der Waals surface area contributed by atoms with E-state index in [1.165, 1.54) is 7.11 Å². The molecule has 0 aliphatic heterocycles. The molecule has 22 heavy (non-hydrogen) atoms. The Morgan fingerprint density at radius 3 is 2.50 bits per heavy atom. The molecule has 1 aromatic rings. The molecule has 122 valence electrons. The minimum Gasteiger partial charge on any atom is -0.497 e. The molecule has 1 atom stereocenters. The molecule has 7 heteroatoms. The van der Waals surface area contributed by atoms with Crippen molar-refractivity contribution in [3.8, 4) is 11.5 Å². The van der Waals surface area contributed by atoms with Gasteiger partial charge in [0.1, 0.15) is 11.5 Å². The number of hydrogen-bond donors (Lipinski definition) is 2. The lowest BCUT2D eigenvalue weighted by molar-refractivity contribution is -0.148. The maximum Gasteiger partial charge on any atom is 0.334 e. The summed E-state index contributed by atoms with van der Waals surface area (Å²) in [5, 5.41) is 11.3. The van der Waals surface area contributed by atoms with Gasteiger partial charge in [-0.2, -0.15) is 0 Å². The highest BCUT2D eigenvalue weighted by Crippen LogP contribution is 2.24. The van der Waals surface area contributed by atoms with Crippen LogP contribution in [-0.2, 0) is 20.7 Å². The van der Waals surface area contributed by atoms with Gasteiger partial charge in [0.25, 0.3) is 0 Å². The highest BCUT2D eigenvalue weighted by Gasteiger charge is 2.17. The van der Waals surface area contributed by atoms with Crippen LogP contribution in [0.15, 0.2) is 18.2 Å². The van der Waals surface area contributed by atoms with Gasteiger partial charge in [-0.15, -0.1) is 0 Å². The molecule has 0 aromatic heterocycles. The van der Waals surface area contributed by atoms with E-state index in [1.807, 2.05) is 0 Å². The van der Waals surface area contributed by atoms with Gasteiger partial charge >= 0.3 is 5.97 Å². The Morgan fingerprint density at radius 2 is 1.95 bits per heavy atom. The Balaban J connectivity index is 2.55. The molecular formula is C15H21NO6. The van der Waals surface area contributed by atoms with E-state index in [1.54, 1.807) is 32.4 Å². The summed E-state index contributed by atoms with van der Waals surface area (Å²) in [6.07, 6.45) is -0.383. The largest absolute Gasteiger partial charge is 0.497 e. The fourth-order valence-corrected chi connectivity index (χ4v) is 1.89. The van der Waals surface area contributed by atoms with Crippen LogP contribution in [0.25, 0.3) is 0 Å². The molecule has 0 aliphatic rings. The van der Waals surface area contributed by atoms with Crippen molar-refractivity contribution >= 4 is 11.9 Å². The van der Waals surface area contributed by atoms with Gasteiger partial charge in [0.2, 0.25) is 5.91 Å². The number of methoxy groups -OCH3 is 3. The van der Waals surface area contributed by atoms with Crippen LogP contribution in [0.1, 0.15) is 12.0 Å². The number of nitrogens with one attached hydrogen (secondary N) is 1. The number of hydrogen-bond acceptors (Lipinski definition) is 5. The maximum absolute atomic E-state index is 11.8. The van der Waals surface area contributed by atoms with E-state index in [0.29, 0.717) is 17.9 Å². The minimum absolute atomic E-state index is 0.0695. The molecule has 2 N–H and O–H groups in total. The summed E-state index contributed by atoms with van der Waals surface area (Å²) in [6, 6.07) is 5.36. The van der Waals surface area contributed by atoms with Crippen molar-refractivity contribution in [2.75, 3.05) is 27.9 Å². The van der Waals surface area contributed by atoms with Gasteiger partial charge in [-0.1, -0.05) is 0 Å². The van der Waals surface area contributed by atoms with E-state index in [0.717, 1.165) is 5.56 Å². The molecule has 7 nitrogen and oxygen atoms in total. The Kier molecular flexibility index (Phi) is 7.18. The van der Waals surface area contributed by atoms with Crippen molar-refractivity contribution in [2.45, 2.75) is 18.9 Å². The lowest BCUT2D eigenvalue weighted by Gasteiger charge is -2.12. The fourth-order valence-electron chi connectivity index (χ4n) is 1.89. The van der Waals surface area contributed by atoms with Crippen LogP contribution in [0, 0.1) is 0 Å². The predicted octanol–water partition coefficient (Wildman–Crippen LogP) is 0.852. The number of aliphatic carboxylic acids is 1. The van der Waals surface area contributed by atoms with Gasteiger partial charge in [0.05, 0.1) is 20.8 Å². The molecule has 1 unspecified atom stereocenters. The summed E-state index contributed by atoms with van der Waals surface area (Å²) in [4.78, 5) is 22.6. The van der Waals surface area contributed by atoms with Crippen molar-refractivity contribution in [1.29, 1.82) is 0 Å². The highest BCUT2D eigenvalue weighted by molar-refractivity contribution is 5.78. The first-order valence-electron chi connectivity index (χ1n) is 6.75. The Bertz CT molecular complexity index is 517. The quantitative estimate of drug-likeness (QED) is 0.702. The average molecular weight is 311 g/mol. The zero-order valence-electron chi connectivity index (χ0n) is 12.9. The van der Waals surface area contributed by atoms with E-state index < -0.39 is 12.1 Å². The molecule has 1 amide bonds. The number of carboxylic acid groups (broad SMARTS) is 1. The summed E-state index contributed by atoms with van der Waals surface area (Å²) in [5.41, 5.74) is 0.846. The van der Waals surface area contributed by atoms with Gasteiger partial charge in [-0.3, -0.25) is 4.79 Å². The minimum atomic E-state index is -1.11. The zero-order valence-corrected chi connectivity index (χ0v) is 12.9. The van der Waals surface area contributed by atoms with Gasteiger partial charge in [0.15, 0.2) is 6.10 Å². The normalized spacial score (nSPS) is 11.6. The van der Waals surface area contributed by atoms with Crippen LogP contribution in [0.2, 0.25) is 0 Å². The molecule has 0 heterocycles. The third-order valence-corrected chi connectivity index (χ3v) is 3.15. The number of amides is 1. The SMILES string of the molecule is COc1ccc(OC)c(CCC(=O)NCC(OC)C(=O)O)c1. The van der Waals surface area contributed by atoms with Crippen LogP contribution in [0.3, 0.4) is 0 Å². The number of ether oxygens (including phenoxy) is 3. The molecule has 0 aliphatic carbocycles. The number of carbonyl (C=O) groups excluding carboxylic acids is 1. The molecule has 0 radical (unpaired) electrons. The van der Waals surface area contributed by atoms with Crippen LogP contribution in [0.4, 0.5) is 0 Å². The fraction of sp³-hybridized carbons (Fsp3) is 0.467. The zero-order chi connectivity index (χ0) is 16.5. The Morgan fingerprint density at radius 1 is 1.23 bits per heavy atom. The van der Waals surface area contributed by atoms with Crippen molar-refractivity contribution in [3.05, 3.63) is 23.8 Å². The second-order valence-corrected chi connectivity index (χ2v) is 4.54. The molecule has 0 spiro atoms. The summed E-state index contributed by atoms with van der Waals surface area (Å²) in [6.45, 7) is -0.0695. The van der Waals surface area contributed by atoms with Gasteiger partial charge in [0, 0.05) is 13.5 Å². The molecule has 0 bridgehead atoms. The molecule has 1 rings (SSSR count). The highest BCUT2D eigenvalue weighted by atomic mass is 16.5. The first-order chi connectivity index (χ1) is 10.5. The number of carboxylic acids is 1. The third-order valence-electron chi connectivity index (χ3n) is 3.15. The van der Waals surface area contributed by atoms with E-state index in [2.05, 4.69) is 5.32 Å². The first-order valence-corrected chi connectivity index (χ1v) is 6.75. The Labute approximate surface area is 129 Å². The van der Waals surface area contributed by atoms with E-state index in [4.69, 9.17) is 19.3 Å².